The number of methoxy groups -OCH3 is 1. The minimum atomic E-state index is -5.12. The number of sulfone groups is 1. The first-order valence-electron chi connectivity index (χ1n) is 10.5. The van der Waals surface area contributed by atoms with Gasteiger partial charge in [-0.25, -0.2) is 8.42 Å². The van der Waals surface area contributed by atoms with Crippen LogP contribution in [0, 0.1) is 11.3 Å². The molecule has 3 N–H and O–H groups in total. The molecule has 1 atom stereocenters. The molecular weight excluding hydrogens is 481 g/mol. The molecule has 1 aromatic rings. The third-order valence-electron chi connectivity index (χ3n) is 5.44. The molecule has 1 rings (SSSR count). The van der Waals surface area contributed by atoms with Gasteiger partial charge < -0.3 is 15.6 Å². The molecule has 0 saturated carbocycles. The van der Waals surface area contributed by atoms with Gasteiger partial charge in [0.05, 0.1) is 17.6 Å². The number of benzene rings is 1. The minimum Gasteiger partial charge on any atom is -0.496 e. The van der Waals surface area contributed by atoms with Crippen molar-refractivity contribution in [3.8, 4) is 11.8 Å². The Kier molecular flexibility index (Phi) is 9.55. The quantitative estimate of drug-likeness (QED) is 0.341. The van der Waals surface area contributed by atoms with Gasteiger partial charge in [0.2, 0.25) is 0 Å². The van der Waals surface area contributed by atoms with Crippen molar-refractivity contribution in [3.05, 3.63) is 71.5 Å². The van der Waals surface area contributed by atoms with E-state index < -0.39 is 45.6 Å². The van der Waals surface area contributed by atoms with Crippen molar-refractivity contribution in [3.63, 3.8) is 0 Å². The van der Waals surface area contributed by atoms with Crippen LogP contribution in [0.3, 0.4) is 0 Å². The van der Waals surface area contributed by atoms with Crippen molar-refractivity contribution in [2.45, 2.75) is 55.7 Å². The lowest BCUT2D eigenvalue weighted by Gasteiger charge is -2.38. The van der Waals surface area contributed by atoms with E-state index in [1.54, 1.807) is 19.1 Å². The molecule has 35 heavy (non-hydrogen) atoms. The van der Waals surface area contributed by atoms with Crippen LogP contribution in [0.1, 0.15) is 39.2 Å². The zero-order valence-electron chi connectivity index (χ0n) is 20.4. The molecule has 1 unspecified atom stereocenters. The lowest BCUT2D eigenvalue weighted by atomic mass is 9.73. The summed E-state index contributed by atoms with van der Waals surface area (Å²) >= 11 is 0. The smallest absolute Gasteiger partial charge is 0.417 e. The normalized spacial score (nSPS) is 15.8. The van der Waals surface area contributed by atoms with Gasteiger partial charge in [-0.2, -0.15) is 18.4 Å². The Hall–Kier alpha value is -3.03. The second kappa shape index (κ2) is 11.1. The Morgan fingerprint density at radius 2 is 1.91 bits per heavy atom. The summed E-state index contributed by atoms with van der Waals surface area (Å²) in [5.41, 5.74) is 0.916. The Morgan fingerprint density at radius 3 is 2.34 bits per heavy atom. The third kappa shape index (κ3) is 7.23. The van der Waals surface area contributed by atoms with Gasteiger partial charge >= 0.3 is 6.18 Å². The first kappa shape index (κ1) is 30.0. The molecule has 0 aliphatic heterocycles. The lowest BCUT2D eigenvalue weighted by Crippen LogP contribution is -2.50. The van der Waals surface area contributed by atoms with Gasteiger partial charge in [-0.1, -0.05) is 44.7 Å². The predicted molar refractivity (Wildman–Crippen MR) is 129 cm³/mol. The summed E-state index contributed by atoms with van der Waals surface area (Å²) in [4.78, 5) is -0.103. The lowest BCUT2D eigenvalue weighted by molar-refractivity contribution is -0.266. The maximum Gasteiger partial charge on any atom is 0.417 e. The van der Waals surface area contributed by atoms with Crippen LogP contribution in [-0.2, 0) is 15.3 Å². The van der Waals surface area contributed by atoms with E-state index in [9.17, 15) is 32.0 Å². The van der Waals surface area contributed by atoms with Crippen molar-refractivity contribution in [1.82, 2.24) is 0 Å². The minimum absolute atomic E-state index is 0.103. The first-order valence-corrected chi connectivity index (χ1v) is 12.4. The highest BCUT2D eigenvalue weighted by molar-refractivity contribution is 7.90. The van der Waals surface area contributed by atoms with Gasteiger partial charge in [0, 0.05) is 23.9 Å². The molecule has 0 heterocycles. The molecule has 10 heteroatoms. The fraction of sp³-hybridized carbons (Fsp3) is 0.400. The fourth-order valence-electron chi connectivity index (χ4n) is 3.79. The maximum atomic E-state index is 14.2. The molecule has 0 aliphatic rings. The molecule has 0 fully saturated rings. The largest absolute Gasteiger partial charge is 0.496 e. The molecule has 0 saturated heterocycles. The first-order chi connectivity index (χ1) is 16.0. The molecule has 192 valence electrons. The summed E-state index contributed by atoms with van der Waals surface area (Å²) < 4.78 is 72.1. The molecule has 1 aromatic carbocycles. The average Bonchev–Trinajstić information content (AvgIpc) is 2.72. The molecule has 0 aromatic heterocycles. The standard InChI is InChI=1S/C25H31F3N2O4S/c1-7-9-17(10-8-2)19(15-29)21(30)14-24(31,25(26,27)28)16-23(3,4)20-13-18(35(6,32)33)11-12-22(20)34-5/h7-13,31H,1,14,16,30H2,2-6H3/b10-8-,17-9+,21-19-. The monoisotopic (exact) mass is 512 g/mol. The van der Waals surface area contributed by atoms with Gasteiger partial charge in [0.1, 0.15) is 11.8 Å². The number of nitrogens with zero attached hydrogens (tertiary/aromatic N) is 1. The highest BCUT2D eigenvalue weighted by Crippen LogP contribution is 2.46. The van der Waals surface area contributed by atoms with E-state index >= 15 is 0 Å². The van der Waals surface area contributed by atoms with Crippen molar-refractivity contribution in [1.29, 1.82) is 5.26 Å². The second-order valence-electron chi connectivity index (χ2n) is 8.77. The number of aliphatic hydroxyl groups is 1. The van der Waals surface area contributed by atoms with Gasteiger partial charge in [0.15, 0.2) is 15.4 Å². The van der Waals surface area contributed by atoms with Crippen LogP contribution in [0.2, 0.25) is 0 Å². The predicted octanol–water partition coefficient (Wildman–Crippen LogP) is 4.87. The fourth-order valence-corrected chi connectivity index (χ4v) is 4.44. The summed E-state index contributed by atoms with van der Waals surface area (Å²) in [5, 5.41) is 20.5. The van der Waals surface area contributed by atoms with Crippen LogP contribution in [0.25, 0.3) is 0 Å². The highest BCUT2D eigenvalue weighted by Gasteiger charge is 2.56. The summed E-state index contributed by atoms with van der Waals surface area (Å²) in [6.45, 7) is 8.05. The van der Waals surface area contributed by atoms with Gasteiger partial charge in [-0.3, -0.25) is 0 Å². The van der Waals surface area contributed by atoms with Crippen LogP contribution in [0.15, 0.2) is 70.8 Å². The number of allylic oxidation sites excluding steroid dienone is 6. The molecule has 0 spiro atoms. The molecule has 0 amide bonds. The zero-order valence-corrected chi connectivity index (χ0v) is 21.2. The molecular formula is C25H31F3N2O4S. The molecule has 6 nitrogen and oxygen atoms in total. The Labute approximate surface area is 204 Å². The van der Waals surface area contributed by atoms with Crippen LogP contribution in [-0.4, -0.2) is 38.7 Å². The Bertz CT molecular complexity index is 1190. The number of hydrogen-bond acceptors (Lipinski definition) is 6. The third-order valence-corrected chi connectivity index (χ3v) is 6.55. The van der Waals surface area contributed by atoms with Crippen LogP contribution < -0.4 is 10.5 Å². The number of alkyl halides is 3. The number of hydrogen-bond donors (Lipinski definition) is 2. The van der Waals surface area contributed by atoms with E-state index in [4.69, 9.17) is 10.5 Å². The van der Waals surface area contributed by atoms with E-state index in [-0.39, 0.29) is 27.4 Å². The van der Waals surface area contributed by atoms with Gasteiger partial charge in [0.25, 0.3) is 0 Å². The number of halogens is 3. The van der Waals surface area contributed by atoms with E-state index in [0.717, 1.165) is 6.26 Å². The van der Waals surface area contributed by atoms with E-state index in [0.29, 0.717) is 0 Å². The van der Waals surface area contributed by atoms with Crippen molar-refractivity contribution in [2.75, 3.05) is 13.4 Å². The number of ether oxygens (including phenoxy) is 1. The highest BCUT2D eigenvalue weighted by atomic mass is 32.2. The van der Waals surface area contributed by atoms with Gasteiger partial charge in [-0.05, 0) is 42.5 Å². The van der Waals surface area contributed by atoms with Crippen LogP contribution in [0.4, 0.5) is 13.2 Å². The van der Waals surface area contributed by atoms with E-state index in [1.807, 2.05) is 0 Å². The van der Waals surface area contributed by atoms with Crippen molar-refractivity contribution < 1.29 is 31.4 Å². The maximum absolute atomic E-state index is 14.2. The summed E-state index contributed by atoms with van der Waals surface area (Å²) in [6.07, 6.45) is -0.264. The zero-order chi connectivity index (χ0) is 27.2. The van der Waals surface area contributed by atoms with Crippen LogP contribution in [0.5, 0.6) is 5.75 Å². The molecule has 0 aliphatic carbocycles. The van der Waals surface area contributed by atoms with Crippen LogP contribution >= 0.6 is 0 Å². The van der Waals surface area contributed by atoms with Gasteiger partial charge in [-0.15, -0.1) is 0 Å². The molecule has 0 radical (unpaired) electrons. The summed E-state index contributed by atoms with van der Waals surface area (Å²) in [5.74, 6) is 0.164. The van der Waals surface area contributed by atoms with E-state index in [2.05, 4.69) is 6.58 Å². The van der Waals surface area contributed by atoms with Crippen molar-refractivity contribution in [2.24, 2.45) is 5.73 Å². The van der Waals surface area contributed by atoms with Crippen molar-refractivity contribution >= 4 is 9.84 Å². The number of nitrogens with two attached hydrogens (primary N) is 1. The number of nitriles is 1. The second-order valence-corrected chi connectivity index (χ2v) is 10.8. The Balaban J connectivity index is 3.69. The number of rotatable bonds is 10. The average molecular weight is 513 g/mol. The molecule has 0 bridgehead atoms. The SMILES string of the molecule is C=C/C=C(\C=C/C)C(/C#N)=C(\N)CC(O)(CC(C)(C)c1cc(S(C)(=O)=O)ccc1OC)C(F)(F)F. The summed E-state index contributed by atoms with van der Waals surface area (Å²) in [6, 6.07) is 5.69. The topological polar surface area (TPSA) is 113 Å². The summed E-state index contributed by atoms with van der Waals surface area (Å²) in [7, 11) is -2.36. The Morgan fingerprint density at radius 1 is 1.31 bits per heavy atom. The van der Waals surface area contributed by atoms with E-state index in [1.165, 1.54) is 57.4 Å².